The summed E-state index contributed by atoms with van der Waals surface area (Å²) in [7, 11) is 0. The Hall–Kier alpha value is -1.15. The second-order valence-corrected chi connectivity index (χ2v) is 2.41. The molecule has 0 saturated heterocycles. The fraction of sp³-hybridized carbons (Fsp3) is 0.222. The van der Waals surface area contributed by atoms with Gasteiger partial charge in [0.1, 0.15) is 0 Å². The highest BCUT2D eigenvalue weighted by Crippen LogP contribution is 2.11. The number of aromatic nitrogens is 1. The minimum atomic E-state index is 0.0653. The summed E-state index contributed by atoms with van der Waals surface area (Å²) in [4.78, 5) is 3.91. The summed E-state index contributed by atoms with van der Waals surface area (Å²) in [6.07, 6.45) is 6.13. The zero-order valence-corrected chi connectivity index (χ0v) is 6.40. The van der Waals surface area contributed by atoms with Crippen molar-refractivity contribution in [2.24, 2.45) is 5.73 Å². The van der Waals surface area contributed by atoms with Gasteiger partial charge in [-0.15, -0.1) is 6.58 Å². The van der Waals surface area contributed by atoms with Crippen LogP contribution >= 0.6 is 0 Å². The van der Waals surface area contributed by atoms with Gasteiger partial charge in [-0.2, -0.15) is 0 Å². The van der Waals surface area contributed by atoms with E-state index >= 15 is 0 Å². The Morgan fingerprint density at radius 2 is 2.18 bits per heavy atom. The lowest BCUT2D eigenvalue weighted by molar-refractivity contribution is 0.740. The van der Waals surface area contributed by atoms with Crippen LogP contribution in [0.3, 0.4) is 0 Å². The minimum Gasteiger partial charge on any atom is -0.324 e. The first-order valence-corrected chi connectivity index (χ1v) is 3.61. The lowest BCUT2D eigenvalue weighted by Crippen LogP contribution is -2.08. The van der Waals surface area contributed by atoms with Crippen LogP contribution in [0.25, 0.3) is 0 Å². The molecule has 58 valence electrons. The average molecular weight is 148 g/mol. The molecule has 2 nitrogen and oxygen atoms in total. The van der Waals surface area contributed by atoms with Gasteiger partial charge in [0.2, 0.25) is 0 Å². The van der Waals surface area contributed by atoms with Crippen molar-refractivity contribution in [3.63, 3.8) is 0 Å². The fourth-order valence-electron chi connectivity index (χ4n) is 0.926. The van der Waals surface area contributed by atoms with Crippen LogP contribution < -0.4 is 5.73 Å². The molecule has 1 atom stereocenters. The van der Waals surface area contributed by atoms with E-state index in [9.17, 15) is 0 Å². The molecule has 0 aliphatic heterocycles. The summed E-state index contributed by atoms with van der Waals surface area (Å²) in [6, 6.07) is 3.91. The van der Waals surface area contributed by atoms with Crippen molar-refractivity contribution >= 4 is 0 Å². The molecule has 1 aromatic rings. The first-order chi connectivity index (χ1) is 5.34. The summed E-state index contributed by atoms with van der Waals surface area (Å²) < 4.78 is 0. The monoisotopic (exact) mass is 148 g/mol. The summed E-state index contributed by atoms with van der Waals surface area (Å²) in [6.45, 7) is 3.63. The van der Waals surface area contributed by atoms with Crippen molar-refractivity contribution in [3.05, 3.63) is 42.7 Å². The largest absolute Gasteiger partial charge is 0.324 e. The molecule has 0 aliphatic rings. The number of rotatable bonds is 3. The minimum absolute atomic E-state index is 0.0653. The predicted molar refractivity (Wildman–Crippen MR) is 46.0 cm³/mol. The molecular weight excluding hydrogens is 136 g/mol. The van der Waals surface area contributed by atoms with E-state index in [1.54, 1.807) is 12.4 Å². The van der Waals surface area contributed by atoms with E-state index in [2.05, 4.69) is 11.6 Å². The third-order valence-corrected chi connectivity index (χ3v) is 1.55. The van der Waals surface area contributed by atoms with Crippen LogP contribution in [0, 0.1) is 0 Å². The van der Waals surface area contributed by atoms with Crippen molar-refractivity contribution in [2.45, 2.75) is 12.5 Å². The van der Waals surface area contributed by atoms with Gasteiger partial charge in [-0.3, -0.25) is 4.98 Å². The van der Waals surface area contributed by atoms with Crippen molar-refractivity contribution in [2.75, 3.05) is 0 Å². The zero-order valence-electron chi connectivity index (χ0n) is 6.40. The van der Waals surface area contributed by atoms with Gasteiger partial charge in [0.15, 0.2) is 0 Å². The van der Waals surface area contributed by atoms with E-state index in [0.717, 1.165) is 12.0 Å². The molecule has 2 N–H and O–H groups in total. The number of nitrogens with two attached hydrogens (primary N) is 1. The average Bonchev–Trinajstić information content (AvgIpc) is 2.07. The van der Waals surface area contributed by atoms with Crippen LogP contribution in [0.1, 0.15) is 18.0 Å². The van der Waals surface area contributed by atoms with E-state index in [1.807, 2.05) is 18.2 Å². The second-order valence-electron chi connectivity index (χ2n) is 2.41. The Labute approximate surface area is 66.8 Å². The lowest BCUT2D eigenvalue weighted by Gasteiger charge is -2.07. The number of nitrogens with zero attached hydrogens (tertiary/aromatic N) is 1. The van der Waals surface area contributed by atoms with Gasteiger partial charge in [-0.25, -0.2) is 0 Å². The Balaban J connectivity index is 2.68. The van der Waals surface area contributed by atoms with E-state index in [-0.39, 0.29) is 6.04 Å². The van der Waals surface area contributed by atoms with Crippen molar-refractivity contribution in [3.8, 4) is 0 Å². The number of hydrogen-bond acceptors (Lipinski definition) is 2. The topological polar surface area (TPSA) is 38.9 Å². The highest BCUT2D eigenvalue weighted by Gasteiger charge is 2.00. The third-order valence-electron chi connectivity index (χ3n) is 1.55. The predicted octanol–water partition coefficient (Wildman–Crippen LogP) is 1.66. The molecule has 0 amide bonds. The SMILES string of the molecule is C=CC[C@@H](N)c1ccncc1. The van der Waals surface area contributed by atoms with Crippen molar-refractivity contribution in [1.29, 1.82) is 0 Å². The molecule has 1 aromatic heterocycles. The summed E-state index contributed by atoms with van der Waals surface area (Å²) in [5, 5.41) is 0. The normalized spacial score (nSPS) is 12.5. The van der Waals surface area contributed by atoms with Gasteiger partial charge in [-0.1, -0.05) is 6.08 Å². The van der Waals surface area contributed by atoms with Gasteiger partial charge in [0.05, 0.1) is 0 Å². The van der Waals surface area contributed by atoms with Crippen LogP contribution in [-0.4, -0.2) is 4.98 Å². The second kappa shape index (κ2) is 3.88. The lowest BCUT2D eigenvalue weighted by atomic mass is 10.1. The molecule has 0 saturated carbocycles. The molecule has 0 radical (unpaired) electrons. The van der Waals surface area contributed by atoms with E-state index in [1.165, 1.54) is 0 Å². The summed E-state index contributed by atoms with van der Waals surface area (Å²) >= 11 is 0. The molecular formula is C9H12N2. The molecule has 1 rings (SSSR count). The van der Waals surface area contributed by atoms with Crippen LogP contribution in [0.5, 0.6) is 0 Å². The first kappa shape index (κ1) is 7.95. The first-order valence-electron chi connectivity index (χ1n) is 3.61. The molecule has 0 aromatic carbocycles. The van der Waals surface area contributed by atoms with Gasteiger partial charge >= 0.3 is 0 Å². The van der Waals surface area contributed by atoms with Gasteiger partial charge in [-0.05, 0) is 24.1 Å². The standard InChI is InChI=1S/C9H12N2/c1-2-3-9(10)8-4-6-11-7-5-8/h2,4-7,9H,1,3,10H2/t9-/m1/s1. The fourth-order valence-corrected chi connectivity index (χ4v) is 0.926. The molecule has 0 fully saturated rings. The zero-order chi connectivity index (χ0) is 8.10. The number of pyridine rings is 1. The quantitative estimate of drug-likeness (QED) is 0.662. The molecule has 0 aliphatic carbocycles. The smallest absolute Gasteiger partial charge is 0.0330 e. The molecule has 1 heterocycles. The Bertz CT molecular complexity index is 218. The maximum absolute atomic E-state index is 5.81. The van der Waals surface area contributed by atoms with E-state index in [0.29, 0.717) is 0 Å². The van der Waals surface area contributed by atoms with Crippen molar-refractivity contribution in [1.82, 2.24) is 4.98 Å². The molecule has 0 bridgehead atoms. The van der Waals surface area contributed by atoms with Crippen molar-refractivity contribution < 1.29 is 0 Å². The van der Waals surface area contributed by atoms with Gasteiger partial charge in [0, 0.05) is 18.4 Å². The van der Waals surface area contributed by atoms with Gasteiger partial charge < -0.3 is 5.73 Å². The molecule has 11 heavy (non-hydrogen) atoms. The summed E-state index contributed by atoms with van der Waals surface area (Å²) in [5.41, 5.74) is 6.92. The third kappa shape index (κ3) is 2.16. The molecule has 0 unspecified atom stereocenters. The Morgan fingerprint density at radius 3 is 2.73 bits per heavy atom. The summed E-state index contributed by atoms with van der Waals surface area (Å²) in [5.74, 6) is 0. The Morgan fingerprint density at radius 1 is 1.55 bits per heavy atom. The van der Waals surface area contributed by atoms with Crippen LogP contribution in [0.4, 0.5) is 0 Å². The van der Waals surface area contributed by atoms with Crippen LogP contribution in [0.2, 0.25) is 0 Å². The van der Waals surface area contributed by atoms with E-state index < -0.39 is 0 Å². The highest BCUT2D eigenvalue weighted by molar-refractivity contribution is 5.14. The maximum atomic E-state index is 5.81. The van der Waals surface area contributed by atoms with Crippen LogP contribution in [0.15, 0.2) is 37.2 Å². The van der Waals surface area contributed by atoms with E-state index in [4.69, 9.17) is 5.73 Å². The Kier molecular flexibility index (Phi) is 2.81. The van der Waals surface area contributed by atoms with Crippen LogP contribution in [-0.2, 0) is 0 Å². The highest BCUT2D eigenvalue weighted by atomic mass is 14.6. The maximum Gasteiger partial charge on any atom is 0.0330 e. The molecule has 2 heteroatoms. The number of hydrogen-bond donors (Lipinski definition) is 1. The molecule has 0 spiro atoms. The van der Waals surface area contributed by atoms with Gasteiger partial charge in [0.25, 0.3) is 0 Å².